The SMILES string of the molecule is CCC(C)(CN)C(=O)Cc1ccc(F)cc1Br. The van der Waals surface area contributed by atoms with Gasteiger partial charge in [-0.3, -0.25) is 4.79 Å². The lowest BCUT2D eigenvalue weighted by molar-refractivity contribution is -0.126. The average molecular weight is 302 g/mol. The van der Waals surface area contributed by atoms with E-state index in [-0.39, 0.29) is 18.0 Å². The predicted molar refractivity (Wildman–Crippen MR) is 70.3 cm³/mol. The van der Waals surface area contributed by atoms with E-state index in [0.29, 0.717) is 17.4 Å². The smallest absolute Gasteiger partial charge is 0.144 e. The van der Waals surface area contributed by atoms with Crippen molar-refractivity contribution in [3.05, 3.63) is 34.1 Å². The Bertz CT molecular complexity index is 416. The lowest BCUT2D eigenvalue weighted by Crippen LogP contribution is -2.36. The van der Waals surface area contributed by atoms with Crippen LogP contribution in [0.1, 0.15) is 25.8 Å². The standard InChI is InChI=1S/C13H17BrFNO/c1-3-13(2,8-16)12(17)6-9-4-5-10(15)7-11(9)14/h4-5,7H,3,6,8,16H2,1-2H3. The molecule has 0 saturated carbocycles. The second-order valence-corrected chi connectivity index (χ2v) is 5.31. The second-order valence-electron chi connectivity index (χ2n) is 4.45. The molecule has 1 unspecified atom stereocenters. The minimum atomic E-state index is -0.492. The van der Waals surface area contributed by atoms with E-state index < -0.39 is 5.41 Å². The van der Waals surface area contributed by atoms with Gasteiger partial charge in [-0.2, -0.15) is 0 Å². The molecule has 0 bridgehead atoms. The summed E-state index contributed by atoms with van der Waals surface area (Å²) in [4.78, 5) is 12.1. The highest BCUT2D eigenvalue weighted by atomic mass is 79.9. The van der Waals surface area contributed by atoms with Crippen LogP contribution >= 0.6 is 15.9 Å². The highest BCUT2D eigenvalue weighted by Gasteiger charge is 2.29. The molecule has 0 aromatic heterocycles. The van der Waals surface area contributed by atoms with Crippen molar-refractivity contribution < 1.29 is 9.18 Å². The van der Waals surface area contributed by atoms with Gasteiger partial charge in [0.25, 0.3) is 0 Å². The molecule has 2 nitrogen and oxygen atoms in total. The Balaban J connectivity index is 2.88. The quantitative estimate of drug-likeness (QED) is 0.908. The van der Waals surface area contributed by atoms with E-state index in [1.165, 1.54) is 12.1 Å². The zero-order valence-corrected chi connectivity index (χ0v) is 11.7. The first-order valence-electron chi connectivity index (χ1n) is 5.60. The van der Waals surface area contributed by atoms with E-state index >= 15 is 0 Å². The summed E-state index contributed by atoms with van der Waals surface area (Å²) < 4.78 is 13.5. The fraction of sp³-hybridized carbons (Fsp3) is 0.462. The summed E-state index contributed by atoms with van der Waals surface area (Å²) >= 11 is 3.26. The number of hydrogen-bond acceptors (Lipinski definition) is 2. The van der Waals surface area contributed by atoms with Gasteiger partial charge in [0.2, 0.25) is 0 Å². The third-order valence-electron chi connectivity index (χ3n) is 3.27. The highest BCUT2D eigenvalue weighted by molar-refractivity contribution is 9.10. The molecule has 17 heavy (non-hydrogen) atoms. The van der Waals surface area contributed by atoms with Crippen LogP contribution in [0.15, 0.2) is 22.7 Å². The number of hydrogen-bond donors (Lipinski definition) is 1. The Hall–Kier alpha value is -0.740. The van der Waals surface area contributed by atoms with Crippen LogP contribution in [0.5, 0.6) is 0 Å². The van der Waals surface area contributed by atoms with Crippen LogP contribution in [0.2, 0.25) is 0 Å². The zero-order chi connectivity index (χ0) is 13.1. The van der Waals surface area contributed by atoms with E-state index in [1.54, 1.807) is 6.07 Å². The summed E-state index contributed by atoms with van der Waals surface area (Å²) in [5.41, 5.74) is 5.95. The van der Waals surface area contributed by atoms with Gasteiger partial charge < -0.3 is 5.73 Å². The van der Waals surface area contributed by atoms with Gasteiger partial charge in [-0.1, -0.05) is 35.8 Å². The van der Waals surface area contributed by atoms with E-state index in [4.69, 9.17) is 5.73 Å². The van der Waals surface area contributed by atoms with Gasteiger partial charge in [0.1, 0.15) is 11.6 Å². The molecule has 1 atom stereocenters. The van der Waals surface area contributed by atoms with Crippen LogP contribution < -0.4 is 5.73 Å². The number of halogens is 2. The summed E-state index contributed by atoms with van der Waals surface area (Å²) in [6, 6.07) is 4.36. The maximum atomic E-state index is 12.9. The number of rotatable bonds is 5. The van der Waals surface area contributed by atoms with Gasteiger partial charge in [0.05, 0.1) is 0 Å². The minimum absolute atomic E-state index is 0.0924. The van der Waals surface area contributed by atoms with Crippen molar-refractivity contribution in [2.75, 3.05) is 6.54 Å². The monoisotopic (exact) mass is 301 g/mol. The topological polar surface area (TPSA) is 43.1 Å². The fourth-order valence-corrected chi connectivity index (χ4v) is 2.00. The number of nitrogens with two attached hydrogens (primary N) is 1. The molecule has 0 spiro atoms. The van der Waals surface area contributed by atoms with E-state index in [2.05, 4.69) is 15.9 Å². The molecule has 0 aliphatic heterocycles. The molecule has 0 radical (unpaired) electrons. The molecule has 0 fully saturated rings. The van der Waals surface area contributed by atoms with Crippen LogP contribution in [-0.2, 0) is 11.2 Å². The average Bonchev–Trinajstić information content (AvgIpc) is 2.31. The molecule has 94 valence electrons. The molecule has 0 aliphatic rings. The maximum absolute atomic E-state index is 12.9. The first-order valence-corrected chi connectivity index (χ1v) is 6.39. The molecule has 0 heterocycles. The van der Waals surface area contributed by atoms with Crippen LogP contribution in [0, 0.1) is 11.2 Å². The van der Waals surface area contributed by atoms with Gasteiger partial charge in [0, 0.05) is 22.9 Å². The third kappa shape index (κ3) is 3.36. The molecule has 2 N–H and O–H groups in total. The Morgan fingerprint density at radius 2 is 2.18 bits per heavy atom. The van der Waals surface area contributed by atoms with Crippen molar-refractivity contribution >= 4 is 21.7 Å². The Kier molecular flexibility index (Phi) is 4.83. The summed E-state index contributed by atoms with van der Waals surface area (Å²) in [5.74, 6) is -0.222. The van der Waals surface area contributed by atoms with Crippen LogP contribution in [0.4, 0.5) is 4.39 Å². The number of carbonyl (C=O) groups is 1. The molecule has 0 amide bonds. The molecular formula is C13H17BrFNO. The summed E-state index contributed by atoms with van der Waals surface area (Å²) in [6.07, 6.45) is 0.990. The predicted octanol–water partition coefficient (Wildman–Crippen LogP) is 3.07. The molecular weight excluding hydrogens is 285 g/mol. The van der Waals surface area contributed by atoms with E-state index in [0.717, 1.165) is 5.56 Å². The van der Waals surface area contributed by atoms with Crippen molar-refractivity contribution in [1.82, 2.24) is 0 Å². The summed E-state index contributed by atoms with van der Waals surface area (Å²) in [7, 11) is 0. The molecule has 1 rings (SSSR count). The first-order chi connectivity index (χ1) is 7.92. The number of benzene rings is 1. The molecule has 1 aromatic carbocycles. The van der Waals surface area contributed by atoms with Crippen molar-refractivity contribution in [1.29, 1.82) is 0 Å². The van der Waals surface area contributed by atoms with E-state index in [1.807, 2.05) is 13.8 Å². The van der Waals surface area contributed by atoms with Crippen LogP contribution in [0.25, 0.3) is 0 Å². The molecule has 4 heteroatoms. The fourth-order valence-electron chi connectivity index (χ4n) is 1.51. The van der Waals surface area contributed by atoms with Gasteiger partial charge in [-0.25, -0.2) is 4.39 Å². The van der Waals surface area contributed by atoms with E-state index in [9.17, 15) is 9.18 Å². The summed E-state index contributed by atoms with van der Waals surface area (Å²) in [6.45, 7) is 4.15. The lowest BCUT2D eigenvalue weighted by Gasteiger charge is -2.24. The van der Waals surface area contributed by atoms with Gasteiger partial charge in [0.15, 0.2) is 0 Å². The zero-order valence-electron chi connectivity index (χ0n) is 10.1. The van der Waals surface area contributed by atoms with Crippen molar-refractivity contribution in [2.24, 2.45) is 11.1 Å². The number of carbonyl (C=O) groups excluding carboxylic acids is 1. The second kappa shape index (κ2) is 5.74. The third-order valence-corrected chi connectivity index (χ3v) is 4.01. The Labute approximate surface area is 110 Å². The maximum Gasteiger partial charge on any atom is 0.144 e. The van der Waals surface area contributed by atoms with Crippen molar-refractivity contribution in [2.45, 2.75) is 26.7 Å². The lowest BCUT2D eigenvalue weighted by atomic mass is 9.80. The Morgan fingerprint density at radius 1 is 1.53 bits per heavy atom. The van der Waals surface area contributed by atoms with Crippen LogP contribution in [0.3, 0.4) is 0 Å². The summed E-state index contributed by atoms with van der Waals surface area (Å²) in [5, 5.41) is 0. The Morgan fingerprint density at radius 3 is 2.65 bits per heavy atom. The van der Waals surface area contributed by atoms with Crippen molar-refractivity contribution in [3.8, 4) is 0 Å². The molecule has 0 aliphatic carbocycles. The van der Waals surface area contributed by atoms with Gasteiger partial charge in [-0.05, 0) is 24.1 Å². The number of Topliss-reactive ketones (excluding diaryl/α,β-unsaturated/α-hetero) is 1. The molecule has 1 aromatic rings. The van der Waals surface area contributed by atoms with Gasteiger partial charge >= 0.3 is 0 Å². The largest absolute Gasteiger partial charge is 0.329 e. The van der Waals surface area contributed by atoms with Crippen LogP contribution in [-0.4, -0.2) is 12.3 Å². The number of ketones is 1. The van der Waals surface area contributed by atoms with Crippen molar-refractivity contribution in [3.63, 3.8) is 0 Å². The van der Waals surface area contributed by atoms with Gasteiger partial charge in [-0.15, -0.1) is 0 Å². The molecule has 0 saturated heterocycles. The normalized spacial score (nSPS) is 14.4. The first kappa shape index (κ1) is 14.3. The highest BCUT2D eigenvalue weighted by Crippen LogP contribution is 2.25. The minimum Gasteiger partial charge on any atom is -0.329 e.